The molecular formula is C44H48O4. The lowest BCUT2D eigenvalue weighted by molar-refractivity contribution is -0.117. The van der Waals surface area contributed by atoms with Gasteiger partial charge in [-0.15, -0.1) is 0 Å². The Morgan fingerprint density at radius 1 is 0.188 bits per heavy atom. The zero-order valence-corrected chi connectivity index (χ0v) is 28.4. The third-order valence-corrected chi connectivity index (χ3v) is 28.3. The highest BCUT2D eigenvalue weighted by atomic mass is 16.5. The standard InChI is InChI=1S/2C22H24O2/c1-23-21-15-7-3-4-5-9(7)17(21)13-12(5)16-8(4)10-6(3)11(15)14-18(10)22(16,24-2)20(13)19(14)21;1-23-21-15-5-3-4-6(15)10-12-8(4)16-7(3)11-9(5)17(21)13-14(18(10)21)20(12)22(16,24-2)19(11)13/h2*3-20H,1-2H3. The highest BCUT2D eigenvalue weighted by Gasteiger charge is 3.07. The molecule has 0 spiro atoms. The molecule has 0 bridgehead atoms. The van der Waals surface area contributed by atoms with E-state index in [1.807, 2.05) is 0 Å². The van der Waals surface area contributed by atoms with Crippen molar-refractivity contribution in [1.29, 1.82) is 0 Å². The van der Waals surface area contributed by atoms with E-state index in [9.17, 15) is 0 Å². The predicted octanol–water partition coefficient (Wildman–Crippen LogP) is 4.00. The maximum Gasteiger partial charge on any atom is 0.0780 e. The number of hydrogen-bond acceptors (Lipinski definition) is 4. The SMILES string of the molecule is COC12C3C4C5C6C3C3C7C6C6C5C5C4C1C1C(C32)C7C6(OC)C51.COC12C3C4C5C6C7C8C(C1C74)C1C2C2C3C5C3C6C8C1(OC)C32. The zero-order valence-electron chi connectivity index (χ0n) is 28.4. The Labute approximate surface area is 282 Å². The van der Waals surface area contributed by atoms with Gasteiger partial charge in [-0.3, -0.25) is 0 Å². The predicted molar refractivity (Wildman–Crippen MR) is 165 cm³/mol. The summed E-state index contributed by atoms with van der Waals surface area (Å²) in [4.78, 5) is 0. The molecular weight excluding hydrogens is 592 g/mol. The maximum atomic E-state index is 6.75. The van der Waals surface area contributed by atoms with Crippen LogP contribution in [0.15, 0.2) is 0 Å². The fourth-order valence-electron chi connectivity index (χ4n) is 32.2. The van der Waals surface area contributed by atoms with E-state index in [0.29, 0.717) is 22.4 Å². The molecule has 32 unspecified atom stereocenters. The van der Waals surface area contributed by atoms with E-state index in [4.69, 9.17) is 18.9 Å². The summed E-state index contributed by atoms with van der Waals surface area (Å²) in [5, 5.41) is 0. The average Bonchev–Trinajstić information content (AvgIpc) is 3.84. The van der Waals surface area contributed by atoms with E-state index in [0.717, 1.165) is 213 Å². The second-order valence-corrected chi connectivity index (χ2v) is 24.4. The molecule has 0 aromatic heterocycles. The highest BCUT2D eigenvalue weighted by molar-refractivity contribution is 5.54. The summed E-state index contributed by atoms with van der Waals surface area (Å²) in [7, 11) is 8.52. The normalized spacial score (nSPS) is 98.2. The van der Waals surface area contributed by atoms with Gasteiger partial charge < -0.3 is 18.9 Å². The van der Waals surface area contributed by atoms with Crippen LogP contribution < -0.4 is 0 Å². The van der Waals surface area contributed by atoms with Crippen LogP contribution in [0.3, 0.4) is 0 Å². The smallest absolute Gasteiger partial charge is 0.0780 e. The van der Waals surface area contributed by atoms with Gasteiger partial charge in [-0.1, -0.05) is 0 Å². The minimum Gasteiger partial charge on any atom is -0.377 e. The van der Waals surface area contributed by atoms with Gasteiger partial charge in [-0.05, 0) is 213 Å². The minimum atomic E-state index is 0.337. The summed E-state index contributed by atoms with van der Waals surface area (Å²) in [6.07, 6.45) is 0. The van der Waals surface area contributed by atoms with Gasteiger partial charge in [0, 0.05) is 28.4 Å². The van der Waals surface area contributed by atoms with Crippen molar-refractivity contribution in [2.24, 2.45) is 213 Å². The molecule has 24 rings (SSSR count). The quantitative estimate of drug-likeness (QED) is 0.466. The van der Waals surface area contributed by atoms with E-state index in [2.05, 4.69) is 28.4 Å². The Morgan fingerprint density at radius 3 is 0.583 bits per heavy atom. The Kier molecular flexibility index (Phi) is 2.53. The third-order valence-electron chi connectivity index (χ3n) is 28.3. The Hall–Kier alpha value is -0.160. The van der Waals surface area contributed by atoms with Gasteiger partial charge >= 0.3 is 0 Å². The number of ether oxygens (including phenoxy) is 4. The van der Waals surface area contributed by atoms with Crippen LogP contribution in [0, 0.1) is 213 Å². The molecule has 24 aliphatic carbocycles. The summed E-state index contributed by atoms with van der Waals surface area (Å²) in [5.41, 5.74) is 1.41. The van der Waals surface area contributed by atoms with Gasteiger partial charge in [0.1, 0.15) is 0 Å². The molecule has 248 valence electrons. The molecule has 4 nitrogen and oxygen atoms in total. The van der Waals surface area contributed by atoms with Gasteiger partial charge in [-0.25, -0.2) is 0 Å². The van der Waals surface area contributed by atoms with Crippen molar-refractivity contribution in [2.75, 3.05) is 28.4 Å². The molecule has 32 atom stereocenters. The van der Waals surface area contributed by atoms with Gasteiger partial charge in [0.15, 0.2) is 0 Å². The summed E-state index contributed by atoms with van der Waals surface area (Å²) < 4.78 is 27.0. The van der Waals surface area contributed by atoms with Crippen LogP contribution in [-0.2, 0) is 18.9 Å². The summed E-state index contributed by atoms with van der Waals surface area (Å²) in [6.45, 7) is 0. The average molecular weight is 641 g/mol. The van der Waals surface area contributed by atoms with Crippen molar-refractivity contribution in [3.8, 4) is 0 Å². The molecule has 0 N–H and O–H groups in total. The first kappa shape index (κ1) is 22.8. The van der Waals surface area contributed by atoms with Gasteiger partial charge in [-0.2, -0.15) is 0 Å². The van der Waals surface area contributed by atoms with E-state index in [1.165, 1.54) is 0 Å². The topological polar surface area (TPSA) is 36.9 Å². The van der Waals surface area contributed by atoms with Crippen molar-refractivity contribution in [3.05, 3.63) is 0 Å². The minimum absolute atomic E-state index is 0.337. The highest BCUT2D eigenvalue weighted by Crippen LogP contribution is 3.06. The van der Waals surface area contributed by atoms with Crippen LogP contribution in [0.1, 0.15) is 0 Å². The van der Waals surface area contributed by atoms with Gasteiger partial charge in [0.25, 0.3) is 0 Å². The molecule has 4 heteroatoms. The Morgan fingerprint density at radius 2 is 0.333 bits per heavy atom. The Bertz CT molecular complexity index is 1760. The maximum absolute atomic E-state index is 6.75. The van der Waals surface area contributed by atoms with E-state index in [-0.39, 0.29) is 0 Å². The first-order valence-electron chi connectivity index (χ1n) is 21.9. The molecule has 48 heavy (non-hydrogen) atoms. The second-order valence-electron chi connectivity index (χ2n) is 24.4. The van der Waals surface area contributed by atoms with Crippen molar-refractivity contribution < 1.29 is 18.9 Å². The first-order valence-corrected chi connectivity index (χ1v) is 21.9. The molecule has 0 saturated heterocycles. The molecule has 0 aromatic carbocycles. The molecule has 0 aliphatic heterocycles. The summed E-state index contributed by atoms with van der Waals surface area (Å²) >= 11 is 0. The van der Waals surface area contributed by atoms with Crippen LogP contribution >= 0.6 is 0 Å². The number of methoxy groups -OCH3 is 4. The second kappa shape index (κ2) is 5.33. The fraction of sp³-hybridized carbons (Fsp3) is 1.00. The van der Waals surface area contributed by atoms with Crippen molar-refractivity contribution >= 4 is 0 Å². The largest absolute Gasteiger partial charge is 0.377 e. The van der Waals surface area contributed by atoms with Crippen molar-refractivity contribution in [1.82, 2.24) is 0 Å². The summed E-state index contributed by atoms with van der Waals surface area (Å²) in [6, 6.07) is 0. The van der Waals surface area contributed by atoms with Crippen molar-refractivity contribution in [3.63, 3.8) is 0 Å². The van der Waals surface area contributed by atoms with Crippen LogP contribution in [-0.4, -0.2) is 50.8 Å². The summed E-state index contributed by atoms with van der Waals surface area (Å²) in [5.74, 6) is 38.1. The molecule has 24 saturated carbocycles. The van der Waals surface area contributed by atoms with Crippen LogP contribution in [0.5, 0.6) is 0 Å². The molecule has 0 radical (unpaired) electrons. The number of hydrogen-bond donors (Lipinski definition) is 0. The van der Waals surface area contributed by atoms with Gasteiger partial charge in [0.05, 0.1) is 22.4 Å². The monoisotopic (exact) mass is 640 g/mol. The van der Waals surface area contributed by atoms with Crippen LogP contribution in [0.2, 0.25) is 0 Å². The Balaban J connectivity index is 0.0000000876. The fourth-order valence-corrected chi connectivity index (χ4v) is 32.2. The molecule has 24 fully saturated rings. The third kappa shape index (κ3) is 1.21. The van der Waals surface area contributed by atoms with E-state index >= 15 is 0 Å². The van der Waals surface area contributed by atoms with E-state index < -0.39 is 0 Å². The van der Waals surface area contributed by atoms with Crippen LogP contribution in [0.4, 0.5) is 0 Å². The molecule has 24 aliphatic rings. The first-order chi connectivity index (χ1) is 23.7. The molecule has 0 amide bonds. The van der Waals surface area contributed by atoms with Gasteiger partial charge in [0.2, 0.25) is 0 Å². The lowest BCUT2D eigenvalue weighted by Crippen LogP contribution is -2.48. The number of rotatable bonds is 4. The molecule has 0 aromatic rings. The van der Waals surface area contributed by atoms with Crippen LogP contribution in [0.25, 0.3) is 0 Å². The van der Waals surface area contributed by atoms with E-state index in [1.54, 1.807) is 0 Å². The lowest BCUT2D eigenvalue weighted by Gasteiger charge is -2.42. The zero-order chi connectivity index (χ0) is 29.6. The lowest BCUT2D eigenvalue weighted by atomic mass is 9.73. The molecule has 0 heterocycles. The van der Waals surface area contributed by atoms with Crippen molar-refractivity contribution in [2.45, 2.75) is 22.4 Å².